The number of carbonyl (C=O) groups is 3. The minimum absolute atomic E-state index is 0.0122. The lowest BCUT2D eigenvalue weighted by Crippen LogP contribution is -2.54. The Bertz CT molecular complexity index is 741. The SMILES string of the molecule is C[C@@H]1CCCC[C@@]12NC(=O)N(CC(=O)Nc1ccc(OC(F)F)cc1)C2=O. The van der Waals surface area contributed by atoms with E-state index in [0.717, 1.165) is 24.2 Å². The molecule has 0 bridgehead atoms. The van der Waals surface area contributed by atoms with Crippen molar-refractivity contribution in [2.24, 2.45) is 5.92 Å². The topological polar surface area (TPSA) is 87.7 Å². The van der Waals surface area contributed by atoms with Crippen molar-refractivity contribution in [2.45, 2.75) is 44.8 Å². The molecule has 1 aromatic rings. The van der Waals surface area contributed by atoms with Crippen LogP contribution < -0.4 is 15.4 Å². The molecular weight excluding hydrogens is 360 g/mol. The van der Waals surface area contributed by atoms with Gasteiger partial charge < -0.3 is 15.4 Å². The summed E-state index contributed by atoms with van der Waals surface area (Å²) in [6, 6.07) is 4.80. The molecule has 0 unspecified atom stereocenters. The molecule has 1 aliphatic carbocycles. The molecule has 2 N–H and O–H groups in total. The quantitative estimate of drug-likeness (QED) is 0.768. The molecule has 0 aromatic heterocycles. The number of hydrogen-bond donors (Lipinski definition) is 2. The third-order valence-corrected chi connectivity index (χ3v) is 5.17. The highest BCUT2D eigenvalue weighted by Gasteiger charge is 2.55. The lowest BCUT2D eigenvalue weighted by molar-refractivity contribution is -0.136. The molecule has 3 rings (SSSR count). The van der Waals surface area contributed by atoms with Crippen LogP contribution in [-0.2, 0) is 9.59 Å². The van der Waals surface area contributed by atoms with E-state index in [2.05, 4.69) is 15.4 Å². The Labute approximate surface area is 155 Å². The summed E-state index contributed by atoms with van der Waals surface area (Å²) in [6.45, 7) is -1.40. The van der Waals surface area contributed by atoms with Gasteiger partial charge in [-0.05, 0) is 43.0 Å². The van der Waals surface area contributed by atoms with Crippen molar-refractivity contribution in [3.63, 3.8) is 0 Å². The average molecular weight is 381 g/mol. The van der Waals surface area contributed by atoms with Gasteiger partial charge in [0.25, 0.3) is 5.91 Å². The van der Waals surface area contributed by atoms with Gasteiger partial charge in [0.05, 0.1) is 0 Å². The van der Waals surface area contributed by atoms with E-state index in [1.165, 1.54) is 24.3 Å². The number of nitrogens with zero attached hydrogens (tertiary/aromatic N) is 1. The van der Waals surface area contributed by atoms with E-state index in [9.17, 15) is 23.2 Å². The third-order valence-electron chi connectivity index (χ3n) is 5.17. The molecule has 7 nitrogen and oxygen atoms in total. The number of nitrogens with one attached hydrogen (secondary N) is 2. The van der Waals surface area contributed by atoms with Gasteiger partial charge in [-0.1, -0.05) is 19.8 Å². The van der Waals surface area contributed by atoms with Gasteiger partial charge in [-0.25, -0.2) is 4.79 Å². The zero-order chi connectivity index (χ0) is 19.6. The van der Waals surface area contributed by atoms with Gasteiger partial charge in [-0.2, -0.15) is 8.78 Å². The number of anilines is 1. The average Bonchev–Trinajstić information content (AvgIpc) is 2.84. The van der Waals surface area contributed by atoms with E-state index >= 15 is 0 Å². The van der Waals surface area contributed by atoms with Crippen LogP contribution in [0.1, 0.15) is 32.6 Å². The summed E-state index contributed by atoms with van der Waals surface area (Å²) in [5, 5.41) is 5.32. The second-order valence-corrected chi connectivity index (χ2v) is 6.89. The van der Waals surface area contributed by atoms with Crippen molar-refractivity contribution in [1.29, 1.82) is 0 Å². The highest BCUT2D eigenvalue weighted by molar-refractivity contribution is 6.10. The Morgan fingerprint density at radius 3 is 2.67 bits per heavy atom. The van der Waals surface area contributed by atoms with E-state index in [1.54, 1.807) is 0 Å². The Kier molecular flexibility index (Phi) is 5.29. The molecule has 27 heavy (non-hydrogen) atoms. The minimum Gasteiger partial charge on any atom is -0.435 e. The van der Waals surface area contributed by atoms with Crippen molar-refractivity contribution in [2.75, 3.05) is 11.9 Å². The summed E-state index contributed by atoms with van der Waals surface area (Å²) < 4.78 is 28.5. The maximum atomic E-state index is 12.8. The van der Waals surface area contributed by atoms with E-state index in [4.69, 9.17) is 0 Å². The van der Waals surface area contributed by atoms with Crippen LogP contribution >= 0.6 is 0 Å². The molecule has 1 aromatic carbocycles. The minimum atomic E-state index is -2.93. The van der Waals surface area contributed by atoms with Gasteiger partial charge in [0.1, 0.15) is 17.8 Å². The van der Waals surface area contributed by atoms with Crippen LogP contribution in [0.4, 0.5) is 19.3 Å². The molecule has 2 fully saturated rings. The number of imide groups is 1. The molecule has 9 heteroatoms. The van der Waals surface area contributed by atoms with Gasteiger partial charge in [0.2, 0.25) is 5.91 Å². The van der Waals surface area contributed by atoms with E-state index in [-0.39, 0.29) is 17.6 Å². The molecule has 2 atom stereocenters. The van der Waals surface area contributed by atoms with Gasteiger partial charge in [0, 0.05) is 5.69 Å². The predicted octanol–water partition coefficient (Wildman–Crippen LogP) is 2.73. The summed E-state index contributed by atoms with van der Waals surface area (Å²) >= 11 is 0. The summed E-state index contributed by atoms with van der Waals surface area (Å²) in [4.78, 5) is 38.3. The first-order chi connectivity index (χ1) is 12.8. The van der Waals surface area contributed by atoms with Crippen molar-refractivity contribution in [3.8, 4) is 5.75 Å². The number of rotatable bonds is 5. The smallest absolute Gasteiger partial charge is 0.387 e. The standard InChI is InChI=1S/C18H21F2N3O4/c1-11-4-2-3-9-18(11)15(25)23(17(26)22-18)10-14(24)21-12-5-7-13(8-6-12)27-16(19)20/h5-8,11,16H,2-4,9-10H2,1H3,(H,21,24)(H,22,26)/t11-,18-/m1/s1. The molecule has 0 radical (unpaired) electrons. The van der Waals surface area contributed by atoms with Gasteiger partial charge >= 0.3 is 12.6 Å². The maximum absolute atomic E-state index is 12.8. The Morgan fingerprint density at radius 1 is 1.33 bits per heavy atom. The number of ether oxygens (including phenoxy) is 1. The maximum Gasteiger partial charge on any atom is 0.387 e. The molecule has 2 aliphatic rings. The van der Waals surface area contributed by atoms with Gasteiger partial charge in [-0.3, -0.25) is 14.5 Å². The molecule has 1 saturated heterocycles. The zero-order valence-corrected chi connectivity index (χ0v) is 14.8. The Hall–Kier alpha value is -2.71. The van der Waals surface area contributed by atoms with Gasteiger partial charge in [0.15, 0.2) is 0 Å². The lowest BCUT2D eigenvalue weighted by atomic mass is 9.73. The van der Waals surface area contributed by atoms with Crippen LogP contribution in [0.5, 0.6) is 5.75 Å². The van der Waals surface area contributed by atoms with Crippen LogP contribution in [0.2, 0.25) is 0 Å². The van der Waals surface area contributed by atoms with Crippen LogP contribution in [0.15, 0.2) is 24.3 Å². The Balaban J connectivity index is 1.62. The predicted molar refractivity (Wildman–Crippen MR) is 92.3 cm³/mol. The number of hydrogen-bond acceptors (Lipinski definition) is 4. The first-order valence-corrected chi connectivity index (χ1v) is 8.80. The van der Waals surface area contributed by atoms with Crippen LogP contribution in [-0.4, -0.2) is 41.4 Å². The summed E-state index contributed by atoms with van der Waals surface area (Å²) in [5.74, 6) is -0.944. The molecular formula is C18H21F2N3O4. The molecule has 4 amide bonds. The summed E-state index contributed by atoms with van der Waals surface area (Å²) in [5.41, 5.74) is -0.571. The number of halogens is 2. The fourth-order valence-corrected chi connectivity index (χ4v) is 3.70. The van der Waals surface area contributed by atoms with Gasteiger partial charge in [-0.15, -0.1) is 0 Å². The molecule has 1 spiro atoms. The highest BCUT2D eigenvalue weighted by atomic mass is 19.3. The van der Waals surface area contributed by atoms with E-state index in [0.29, 0.717) is 12.1 Å². The molecule has 1 heterocycles. The number of alkyl halides is 2. The monoisotopic (exact) mass is 381 g/mol. The van der Waals surface area contributed by atoms with Crippen molar-refractivity contribution in [3.05, 3.63) is 24.3 Å². The first-order valence-electron chi connectivity index (χ1n) is 8.80. The second kappa shape index (κ2) is 7.50. The normalized spacial score (nSPS) is 25.0. The fourth-order valence-electron chi connectivity index (χ4n) is 3.70. The molecule has 146 valence electrons. The van der Waals surface area contributed by atoms with Crippen molar-refractivity contribution in [1.82, 2.24) is 10.2 Å². The van der Waals surface area contributed by atoms with Crippen molar-refractivity contribution >= 4 is 23.5 Å². The fraction of sp³-hybridized carbons (Fsp3) is 0.500. The largest absolute Gasteiger partial charge is 0.435 e. The van der Waals surface area contributed by atoms with E-state index < -0.39 is 30.6 Å². The summed E-state index contributed by atoms with van der Waals surface area (Å²) in [6.07, 6.45) is 3.28. The number of carbonyl (C=O) groups excluding carboxylic acids is 3. The van der Waals surface area contributed by atoms with Crippen LogP contribution in [0.3, 0.4) is 0 Å². The molecule has 1 saturated carbocycles. The lowest BCUT2D eigenvalue weighted by Gasteiger charge is -2.36. The Morgan fingerprint density at radius 2 is 2.04 bits per heavy atom. The zero-order valence-electron chi connectivity index (χ0n) is 14.8. The van der Waals surface area contributed by atoms with Crippen molar-refractivity contribution < 1.29 is 27.9 Å². The van der Waals surface area contributed by atoms with E-state index in [1.807, 2.05) is 6.92 Å². The summed E-state index contributed by atoms with van der Waals surface area (Å²) in [7, 11) is 0. The first kappa shape index (κ1) is 19.1. The van der Waals surface area contributed by atoms with Crippen LogP contribution in [0.25, 0.3) is 0 Å². The van der Waals surface area contributed by atoms with Crippen LogP contribution in [0, 0.1) is 5.92 Å². The second-order valence-electron chi connectivity index (χ2n) is 6.89. The number of amides is 4. The third kappa shape index (κ3) is 3.86. The number of benzene rings is 1. The molecule has 1 aliphatic heterocycles. The highest BCUT2D eigenvalue weighted by Crippen LogP contribution is 2.38. The number of urea groups is 1.